The number of hydrogen-bond donors (Lipinski definition) is 1. The topological polar surface area (TPSA) is 76.2 Å². The molecule has 0 saturated carbocycles. The van der Waals surface area contributed by atoms with Crippen molar-refractivity contribution in [3.63, 3.8) is 0 Å². The predicted octanol–water partition coefficient (Wildman–Crippen LogP) is 0.791. The lowest BCUT2D eigenvalue weighted by atomic mass is 10.1. The molecule has 7 heteroatoms. The van der Waals surface area contributed by atoms with E-state index in [4.69, 9.17) is 0 Å². The van der Waals surface area contributed by atoms with Crippen LogP contribution in [0.15, 0.2) is 17.2 Å². The lowest BCUT2D eigenvalue weighted by Gasteiger charge is -2.18. The third-order valence-corrected chi connectivity index (χ3v) is 4.43. The van der Waals surface area contributed by atoms with Gasteiger partial charge in [0.25, 0.3) is 5.56 Å². The Morgan fingerprint density at radius 3 is 2.74 bits per heavy atom. The van der Waals surface area contributed by atoms with Crippen LogP contribution in [0.4, 0.5) is 5.82 Å². The van der Waals surface area contributed by atoms with E-state index in [9.17, 15) is 9.90 Å². The maximum atomic E-state index is 12.6. The summed E-state index contributed by atoms with van der Waals surface area (Å²) >= 11 is 0. The van der Waals surface area contributed by atoms with Gasteiger partial charge < -0.3 is 14.6 Å². The van der Waals surface area contributed by atoms with Crippen LogP contribution < -0.4 is 10.5 Å². The average molecular weight is 317 g/mol. The molecule has 23 heavy (non-hydrogen) atoms. The fourth-order valence-corrected chi connectivity index (χ4v) is 3.12. The molecule has 124 valence electrons. The molecular formula is C16H23N5O2. The van der Waals surface area contributed by atoms with E-state index in [1.54, 1.807) is 15.4 Å². The van der Waals surface area contributed by atoms with Gasteiger partial charge in [0.15, 0.2) is 5.82 Å². The van der Waals surface area contributed by atoms with E-state index in [0.717, 1.165) is 29.9 Å². The maximum Gasteiger partial charge on any atom is 0.293 e. The quantitative estimate of drug-likeness (QED) is 0.902. The smallest absolute Gasteiger partial charge is 0.293 e. The highest BCUT2D eigenvalue weighted by molar-refractivity contribution is 5.62. The first-order valence-electron chi connectivity index (χ1n) is 8.01. The number of nitrogens with zero attached hydrogens (tertiary/aromatic N) is 5. The molecule has 0 aliphatic carbocycles. The van der Waals surface area contributed by atoms with E-state index < -0.39 is 0 Å². The lowest BCUT2D eigenvalue weighted by molar-refractivity contribution is 0.238. The standard InChI is InChI=1S/C16H23N5O2/c1-4-20-9-14(13-8-19(3)18-11(13)2)17-15(16(20)23)21-6-5-12(7-21)10-22/h8-9,12,22H,4-7,10H2,1-3H3/t12-/m1/s1. The fraction of sp³-hybridized carbons (Fsp3) is 0.562. The summed E-state index contributed by atoms with van der Waals surface area (Å²) in [6, 6.07) is 0. The fourth-order valence-electron chi connectivity index (χ4n) is 3.12. The van der Waals surface area contributed by atoms with E-state index in [-0.39, 0.29) is 18.1 Å². The SMILES string of the molecule is CCn1cc(-c2cn(C)nc2C)nc(N2CC[C@@H](CO)C2)c1=O. The minimum Gasteiger partial charge on any atom is -0.396 e. The van der Waals surface area contributed by atoms with Gasteiger partial charge in [-0.2, -0.15) is 5.10 Å². The Bertz CT molecular complexity index is 764. The predicted molar refractivity (Wildman–Crippen MR) is 88.5 cm³/mol. The Hall–Kier alpha value is -2.15. The Morgan fingerprint density at radius 1 is 1.39 bits per heavy atom. The molecule has 3 rings (SSSR count). The van der Waals surface area contributed by atoms with Crippen LogP contribution in [0.25, 0.3) is 11.3 Å². The molecule has 0 unspecified atom stereocenters. The molecule has 2 aromatic heterocycles. The second-order valence-electron chi connectivity index (χ2n) is 6.13. The Balaban J connectivity index is 2.07. The van der Waals surface area contributed by atoms with Crippen LogP contribution in [0.1, 0.15) is 19.0 Å². The summed E-state index contributed by atoms with van der Waals surface area (Å²) in [5.74, 6) is 0.693. The Morgan fingerprint density at radius 2 is 2.17 bits per heavy atom. The van der Waals surface area contributed by atoms with Gasteiger partial charge in [0, 0.05) is 57.2 Å². The van der Waals surface area contributed by atoms with Crippen LogP contribution in [-0.4, -0.2) is 44.1 Å². The van der Waals surface area contributed by atoms with Crippen LogP contribution in [-0.2, 0) is 13.6 Å². The van der Waals surface area contributed by atoms with Crippen molar-refractivity contribution in [3.05, 3.63) is 28.4 Å². The van der Waals surface area contributed by atoms with Crippen molar-refractivity contribution in [2.24, 2.45) is 13.0 Å². The summed E-state index contributed by atoms with van der Waals surface area (Å²) in [6.07, 6.45) is 4.61. The second-order valence-corrected chi connectivity index (χ2v) is 6.13. The van der Waals surface area contributed by atoms with Gasteiger partial charge in [0.2, 0.25) is 0 Å². The van der Waals surface area contributed by atoms with Gasteiger partial charge in [-0.25, -0.2) is 4.98 Å². The molecule has 1 N–H and O–H groups in total. The first-order chi connectivity index (χ1) is 11.0. The van der Waals surface area contributed by atoms with Crippen LogP contribution in [0.2, 0.25) is 0 Å². The number of aliphatic hydroxyl groups is 1. The Kier molecular flexibility index (Phi) is 4.21. The average Bonchev–Trinajstić information content (AvgIpc) is 3.14. The van der Waals surface area contributed by atoms with Crippen molar-refractivity contribution in [3.8, 4) is 11.3 Å². The van der Waals surface area contributed by atoms with Crippen molar-refractivity contribution in [2.45, 2.75) is 26.8 Å². The number of rotatable bonds is 4. The third kappa shape index (κ3) is 2.88. The molecule has 2 aromatic rings. The van der Waals surface area contributed by atoms with Crippen LogP contribution in [0.5, 0.6) is 0 Å². The molecule has 1 aliphatic rings. The number of anilines is 1. The maximum absolute atomic E-state index is 12.6. The molecule has 0 amide bonds. The van der Waals surface area contributed by atoms with E-state index in [0.29, 0.717) is 18.9 Å². The van der Waals surface area contributed by atoms with E-state index >= 15 is 0 Å². The normalized spacial score (nSPS) is 17.9. The van der Waals surface area contributed by atoms with E-state index in [2.05, 4.69) is 10.1 Å². The first-order valence-corrected chi connectivity index (χ1v) is 8.01. The van der Waals surface area contributed by atoms with Crippen molar-refractivity contribution in [1.82, 2.24) is 19.3 Å². The summed E-state index contributed by atoms with van der Waals surface area (Å²) in [5.41, 5.74) is 2.52. The monoisotopic (exact) mass is 317 g/mol. The summed E-state index contributed by atoms with van der Waals surface area (Å²) in [6.45, 7) is 6.07. The molecular weight excluding hydrogens is 294 g/mol. The molecule has 3 heterocycles. The lowest BCUT2D eigenvalue weighted by Crippen LogP contribution is -2.32. The van der Waals surface area contributed by atoms with Crippen LogP contribution >= 0.6 is 0 Å². The molecule has 0 radical (unpaired) electrons. The zero-order chi connectivity index (χ0) is 16.6. The molecule has 0 bridgehead atoms. The van der Waals surface area contributed by atoms with Gasteiger partial charge in [-0.15, -0.1) is 0 Å². The van der Waals surface area contributed by atoms with Crippen LogP contribution in [0.3, 0.4) is 0 Å². The molecule has 1 aliphatic heterocycles. The van der Waals surface area contributed by atoms with Gasteiger partial charge in [-0.1, -0.05) is 0 Å². The minimum atomic E-state index is -0.0728. The molecule has 7 nitrogen and oxygen atoms in total. The number of aryl methyl sites for hydroxylation is 3. The summed E-state index contributed by atoms with van der Waals surface area (Å²) in [4.78, 5) is 19.3. The van der Waals surface area contributed by atoms with Crippen molar-refractivity contribution < 1.29 is 5.11 Å². The largest absolute Gasteiger partial charge is 0.396 e. The molecule has 1 fully saturated rings. The number of hydrogen-bond acceptors (Lipinski definition) is 5. The van der Waals surface area contributed by atoms with Crippen LogP contribution in [0, 0.1) is 12.8 Å². The van der Waals surface area contributed by atoms with Crippen molar-refractivity contribution in [1.29, 1.82) is 0 Å². The van der Waals surface area contributed by atoms with E-state index in [1.165, 1.54) is 0 Å². The first kappa shape index (κ1) is 15.7. The highest BCUT2D eigenvalue weighted by Crippen LogP contribution is 2.24. The number of aliphatic hydroxyl groups excluding tert-OH is 1. The summed E-state index contributed by atoms with van der Waals surface area (Å²) in [7, 11) is 1.87. The summed E-state index contributed by atoms with van der Waals surface area (Å²) < 4.78 is 3.45. The van der Waals surface area contributed by atoms with Gasteiger partial charge in [0.1, 0.15) is 0 Å². The Labute approximate surface area is 135 Å². The van der Waals surface area contributed by atoms with Gasteiger partial charge in [-0.3, -0.25) is 9.48 Å². The zero-order valence-electron chi connectivity index (χ0n) is 13.9. The number of aromatic nitrogens is 4. The third-order valence-electron chi connectivity index (χ3n) is 4.43. The van der Waals surface area contributed by atoms with Gasteiger partial charge in [-0.05, 0) is 20.3 Å². The van der Waals surface area contributed by atoms with Gasteiger partial charge >= 0.3 is 0 Å². The van der Waals surface area contributed by atoms with Crippen molar-refractivity contribution >= 4 is 5.82 Å². The highest BCUT2D eigenvalue weighted by Gasteiger charge is 2.26. The molecule has 1 atom stereocenters. The molecule has 1 saturated heterocycles. The van der Waals surface area contributed by atoms with E-state index in [1.807, 2.05) is 32.0 Å². The minimum absolute atomic E-state index is 0.0728. The second kappa shape index (κ2) is 6.16. The van der Waals surface area contributed by atoms with Gasteiger partial charge in [0.05, 0.1) is 11.4 Å². The zero-order valence-corrected chi connectivity index (χ0v) is 13.9. The highest BCUT2D eigenvalue weighted by atomic mass is 16.3. The summed E-state index contributed by atoms with van der Waals surface area (Å²) in [5, 5.41) is 13.7. The molecule has 0 spiro atoms. The molecule has 0 aromatic carbocycles. The van der Waals surface area contributed by atoms with Crippen molar-refractivity contribution in [2.75, 3.05) is 24.6 Å².